The van der Waals surface area contributed by atoms with Gasteiger partial charge in [0.2, 0.25) is 0 Å². The molecule has 0 radical (unpaired) electrons. The molecule has 3 aromatic rings. The fourth-order valence-corrected chi connectivity index (χ4v) is 2.65. The van der Waals surface area contributed by atoms with Crippen LogP contribution in [0.5, 0.6) is 0 Å². The Labute approximate surface area is 121 Å². The maximum Gasteiger partial charge on any atom is 0.165 e. The quantitative estimate of drug-likeness (QED) is 0.801. The Morgan fingerprint density at radius 2 is 2.15 bits per heavy atom. The Balaban J connectivity index is 1.85. The van der Waals surface area contributed by atoms with E-state index in [-0.39, 0.29) is 0 Å². The van der Waals surface area contributed by atoms with Crippen LogP contribution in [0.25, 0.3) is 11.4 Å². The van der Waals surface area contributed by atoms with Gasteiger partial charge in [0.25, 0.3) is 0 Å². The molecule has 0 spiro atoms. The molecular formula is C14H15N5S. The number of hydrogen-bond donors (Lipinski definition) is 1. The molecule has 5 nitrogen and oxygen atoms in total. The SMILES string of the molecule is Cc1nc(CNc2ccccc2-c2nncn2C)cs1. The lowest BCUT2D eigenvalue weighted by Gasteiger charge is -2.10. The summed E-state index contributed by atoms with van der Waals surface area (Å²) in [5.41, 5.74) is 3.13. The number of rotatable bonds is 4. The lowest BCUT2D eigenvalue weighted by molar-refractivity contribution is 0.919. The predicted octanol–water partition coefficient (Wildman–Crippen LogP) is 2.86. The minimum atomic E-state index is 0.708. The molecule has 2 aromatic heterocycles. The summed E-state index contributed by atoms with van der Waals surface area (Å²) in [5.74, 6) is 0.850. The molecule has 0 atom stereocenters. The molecule has 6 heteroatoms. The van der Waals surface area contributed by atoms with Crippen molar-refractivity contribution < 1.29 is 0 Å². The average molecular weight is 285 g/mol. The van der Waals surface area contributed by atoms with E-state index in [1.807, 2.05) is 42.8 Å². The average Bonchev–Trinajstić information content (AvgIpc) is 3.05. The van der Waals surface area contributed by atoms with Crippen LogP contribution < -0.4 is 5.32 Å². The van der Waals surface area contributed by atoms with E-state index in [9.17, 15) is 0 Å². The first-order valence-electron chi connectivity index (χ1n) is 6.32. The van der Waals surface area contributed by atoms with E-state index in [0.29, 0.717) is 6.54 Å². The third-order valence-electron chi connectivity index (χ3n) is 3.01. The van der Waals surface area contributed by atoms with Crippen LogP contribution in [0.1, 0.15) is 10.7 Å². The van der Waals surface area contributed by atoms with Gasteiger partial charge in [-0.3, -0.25) is 0 Å². The van der Waals surface area contributed by atoms with Gasteiger partial charge in [0.05, 0.1) is 17.2 Å². The maximum absolute atomic E-state index is 4.46. The molecule has 1 aromatic carbocycles. The van der Waals surface area contributed by atoms with Gasteiger partial charge in [-0.15, -0.1) is 21.5 Å². The zero-order valence-electron chi connectivity index (χ0n) is 11.4. The van der Waals surface area contributed by atoms with Gasteiger partial charge in [-0.25, -0.2) is 4.98 Å². The van der Waals surface area contributed by atoms with Gasteiger partial charge >= 0.3 is 0 Å². The standard InChI is InChI=1S/C14H15N5S/c1-10-17-11(8-20-10)7-15-13-6-4-3-5-12(13)14-18-16-9-19(14)2/h3-6,8-9,15H,7H2,1-2H3. The van der Waals surface area contributed by atoms with Gasteiger partial charge in [-0.05, 0) is 19.1 Å². The van der Waals surface area contributed by atoms with E-state index in [1.54, 1.807) is 17.7 Å². The number of hydrogen-bond acceptors (Lipinski definition) is 5. The molecule has 0 unspecified atom stereocenters. The third kappa shape index (κ3) is 2.55. The Morgan fingerprint density at radius 1 is 1.30 bits per heavy atom. The maximum atomic E-state index is 4.46. The molecule has 2 heterocycles. The molecule has 102 valence electrons. The van der Waals surface area contributed by atoms with E-state index >= 15 is 0 Å². The van der Waals surface area contributed by atoms with Gasteiger partial charge < -0.3 is 9.88 Å². The first-order valence-corrected chi connectivity index (χ1v) is 7.20. The fraction of sp³-hybridized carbons (Fsp3) is 0.214. The molecule has 0 fully saturated rings. The van der Waals surface area contributed by atoms with E-state index in [1.165, 1.54) is 0 Å². The van der Waals surface area contributed by atoms with Crippen molar-refractivity contribution in [3.8, 4) is 11.4 Å². The van der Waals surface area contributed by atoms with Crippen LogP contribution in [0.15, 0.2) is 36.0 Å². The third-order valence-corrected chi connectivity index (χ3v) is 3.83. The van der Waals surface area contributed by atoms with Crippen molar-refractivity contribution in [2.75, 3.05) is 5.32 Å². The van der Waals surface area contributed by atoms with E-state index in [2.05, 4.69) is 25.9 Å². The first-order chi connectivity index (χ1) is 9.74. The summed E-state index contributed by atoms with van der Waals surface area (Å²) in [7, 11) is 1.94. The second-order valence-electron chi connectivity index (χ2n) is 4.52. The van der Waals surface area contributed by atoms with Gasteiger partial charge in [0.1, 0.15) is 6.33 Å². The Hall–Kier alpha value is -2.21. The van der Waals surface area contributed by atoms with Gasteiger partial charge in [0.15, 0.2) is 5.82 Å². The molecule has 0 aliphatic carbocycles. The summed E-state index contributed by atoms with van der Waals surface area (Å²) in [6, 6.07) is 8.10. The Morgan fingerprint density at radius 3 is 2.85 bits per heavy atom. The minimum Gasteiger partial charge on any atom is -0.379 e. The van der Waals surface area contributed by atoms with E-state index in [4.69, 9.17) is 0 Å². The van der Waals surface area contributed by atoms with Crippen molar-refractivity contribution in [1.82, 2.24) is 19.7 Å². The lowest BCUT2D eigenvalue weighted by atomic mass is 10.1. The molecule has 0 aliphatic rings. The molecule has 0 saturated heterocycles. The highest BCUT2D eigenvalue weighted by Gasteiger charge is 2.09. The Kier molecular flexibility index (Phi) is 3.47. The van der Waals surface area contributed by atoms with Crippen molar-refractivity contribution in [3.05, 3.63) is 46.7 Å². The number of nitrogens with one attached hydrogen (secondary N) is 1. The van der Waals surface area contributed by atoms with Crippen molar-refractivity contribution in [2.45, 2.75) is 13.5 Å². The summed E-state index contributed by atoms with van der Waals surface area (Å²) in [4.78, 5) is 4.46. The Bertz CT molecular complexity index is 716. The summed E-state index contributed by atoms with van der Waals surface area (Å²) in [5, 5.41) is 14.7. The molecule has 0 bridgehead atoms. The van der Waals surface area contributed by atoms with Gasteiger partial charge in [-0.1, -0.05) is 12.1 Å². The highest BCUT2D eigenvalue weighted by molar-refractivity contribution is 7.09. The molecule has 20 heavy (non-hydrogen) atoms. The molecular weight excluding hydrogens is 270 g/mol. The number of aryl methyl sites for hydroxylation is 2. The summed E-state index contributed by atoms with van der Waals surface area (Å²) < 4.78 is 1.91. The smallest absolute Gasteiger partial charge is 0.165 e. The monoisotopic (exact) mass is 285 g/mol. The van der Waals surface area contributed by atoms with Crippen LogP contribution >= 0.6 is 11.3 Å². The lowest BCUT2D eigenvalue weighted by Crippen LogP contribution is -2.02. The van der Waals surface area contributed by atoms with E-state index in [0.717, 1.165) is 27.8 Å². The number of para-hydroxylation sites is 1. The molecule has 0 saturated carbocycles. The largest absolute Gasteiger partial charge is 0.379 e. The molecule has 0 aliphatic heterocycles. The second-order valence-corrected chi connectivity index (χ2v) is 5.58. The number of benzene rings is 1. The van der Waals surface area contributed by atoms with Crippen molar-refractivity contribution in [3.63, 3.8) is 0 Å². The van der Waals surface area contributed by atoms with Crippen LogP contribution in [0, 0.1) is 6.92 Å². The fourth-order valence-electron chi connectivity index (χ4n) is 2.03. The van der Waals surface area contributed by atoms with Crippen LogP contribution in [-0.2, 0) is 13.6 Å². The van der Waals surface area contributed by atoms with Crippen molar-refractivity contribution in [2.24, 2.45) is 7.05 Å². The number of thiazole rings is 1. The van der Waals surface area contributed by atoms with Crippen molar-refractivity contribution >= 4 is 17.0 Å². The highest BCUT2D eigenvalue weighted by atomic mass is 32.1. The summed E-state index contributed by atoms with van der Waals surface area (Å²) >= 11 is 1.67. The zero-order valence-corrected chi connectivity index (χ0v) is 12.2. The van der Waals surface area contributed by atoms with Crippen LogP contribution in [-0.4, -0.2) is 19.7 Å². The van der Waals surface area contributed by atoms with Gasteiger partial charge in [-0.2, -0.15) is 0 Å². The topological polar surface area (TPSA) is 55.6 Å². The predicted molar refractivity (Wildman–Crippen MR) is 80.6 cm³/mol. The minimum absolute atomic E-state index is 0.708. The van der Waals surface area contributed by atoms with Crippen LogP contribution in [0.3, 0.4) is 0 Å². The van der Waals surface area contributed by atoms with Gasteiger partial charge in [0, 0.05) is 23.7 Å². The zero-order chi connectivity index (χ0) is 13.9. The number of nitrogens with zero attached hydrogens (tertiary/aromatic N) is 4. The normalized spacial score (nSPS) is 10.7. The van der Waals surface area contributed by atoms with Crippen molar-refractivity contribution in [1.29, 1.82) is 0 Å². The van der Waals surface area contributed by atoms with Crippen LogP contribution in [0.4, 0.5) is 5.69 Å². The van der Waals surface area contributed by atoms with E-state index < -0.39 is 0 Å². The summed E-state index contributed by atoms with van der Waals surface area (Å²) in [6.45, 7) is 2.72. The van der Waals surface area contributed by atoms with Crippen LogP contribution in [0.2, 0.25) is 0 Å². The summed E-state index contributed by atoms with van der Waals surface area (Å²) in [6.07, 6.45) is 1.70. The molecule has 1 N–H and O–H groups in total. The highest BCUT2D eigenvalue weighted by Crippen LogP contribution is 2.26. The molecule has 0 amide bonds. The first kappa shape index (κ1) is 12.8. The second kappa shape index (κ2) is 5.42. The molecule has 3 rings (SSSR count). The number of anilines is 1. The number of aromatic nitrogens is 4.